The number of anilines is 1. The average molecular weight is 386 g/mol. The minimum absolute atomic E-state index is 0.477. The predicted molar refractivity (Wildman–Crippen MR) is 103 cm³/mol. The summed E-state index contributed by atoms with van der Waals surface area (Å²) >= 11 is 11.8. The smallest absolute Gasteiger partial charge is 0.297 e. The Morgan fingerprint density at radius 2 is 1.62 bits per heavy atom. The largest absolute Gasteiger partial charge is 0.437 e. The summed E-state index contributed by atoms with van der Waals surface area (Å²) in [6, 6.07) is 17.3. The van der Waals surface area contributed by atoms with E-state index in [0.29, 0.717) is 21.4 Å². The molecule has 0 saturated carbocycles. The van der Waals surface area contributed by atoms with E-state index < -0.39 is 6.09 Å². The summed E-state index contributed by atoms with van der Waals surface area (Å²) in [5, 5.41) is 7.68. The summed E-state index contributed by atoms with van der Waals surface area (Å²) in [4.78, 5) is 21.0. The number of pyridine rings is 1. The number of rotatable bonds is 4. The molecule has 130 valence electrons. The van der Waals surface area contributed by atoms with Crippen LogP contribution in [0.5, 0.6) is 0 Å². The Balaban J connectivity index is 1.82. The number of carbonyl (C=O) groups excluding carboxylic acids is 1. The summed E-state index contributed by atoms with van der Waals surface area (Å²) in [6.45, 7) is 0. The Labute approximate surface area is 160 Å². The third-order valence-electron chi connectivity index (χ3n) is 3.36. The number of oxime groups is 1. The molecule has 0 radical (unpaired) electrons. The van der Waals surface area contributed by atoms with Gasteiger partial charge in [0.1, 0.15) is 5.71 Å². The predicted octanol–water partition coefficient (Wildman–Crippen LogP) is 5.39. The lowest BCUT2D eigenvalue weighted by Gasteiger charge is -2.07. The summed E-state index contributed by atoms with van der Waals surface area (Å²) in [5.74, 6) is 0. The Hall–Kier alpha value is -2.89. The van der Waals surface area contributed by atoms with Gasteiger partial charge in [0.25, 0.3) is 0 Å². The molecule has 2 aromatic carbocycles. The van der Waals surface area contributed by atoms with E-state index in [1.54, 1.807) is 73.1 Å². The van der Waals surface area contributed by atoms with E-state index >= 15 is 0 Å². The van der Waals surface area contributed by atoms with Crippen molar-refractivity contribution in [2.24, 2.45) is 5.16 Å². The second-order valence-corrected chi connectivity index (χ2v) is 6.07. The number of benzene rings is 2. The van der Waals surface area contributed by atoms with Crippen LogP contribution in [0, 0.1) is 0 Å². The van der Waals surface area contributed by atoms with Gasteiger partial charge in [0.15, 0.2) is 0 Å². The van der Waals surface area contributed by atoms with Crippen molar-refractivity contribution in [2.75, 3.05) is 5.32 Å². The Morgan fingerprint density at radius 1 is 0.923 bits per heavy atom. The van der Waals surface area contributed by atoms with Gasteiger partial charge < -0.3 is 0 Å². The van der Waals surface area contributed by atoms with E-state index in [2.05, 4.69) is 15.5 Å². The normalized spacial score (nSPS) is 11.1. The van der Waals surface area contributed by atoms with Crippen LogP contribution in [-0.4, -0.2) is 16.8 Å². The summed E-state index contributed by atoms with van der Waals surface area (Å²) < 4.78 is 0. The number of aromatic nitrogens is 1. The number of amides is 1. The van der Waals surface area contributed by atoms with E-state index in [1.165, 1.54) is 0 Å². The number of hydrogen-bond donors (Lipinski definition) is 1. The van der Waals surface area contributed by atoms with Crippen LogP contribution >= 0.6 is 23.2 Å². The Morgan fingerprint density at radius 3 is 2.31 bits per heavy atom. The van der Waals surface area contributed by atoms with Crippen molar-refractivity contribution < 1.29 is 9.63 Å². The molecule has 0 spiro atoms. The van der Waals surface area contributed by atoms with Gasteiger partial charge in [-0.25, -0.2) is 4.79 Å². The highest BCUT2D eigenvalue weighted by Crippen LogP contribution is 2.17. The molecule has 0 aliphatic carbocycles. The topological polar surface area (TPSA) is 63.6 Å². The first-order valence-electron chi connectivity index (χ1n) is 7.60. The molecule has 0 fully saturated rings. The zero-order valence-electron chi connectivity index (χ0n) is 13.4. The fourth-order valence-corrected chi connectivity index (χ4v) is 2.50. The first kappa shape index (κ1) is 17.9. The molecular formula is C19H13Cl2N3O2. The third-order valence-corrected chi connectivity index (χ3v) is 3.85. The van der Waals surface area contributed by atoms with Gasteiger partial charge in [-0.1, -0.05) is 46.6 Å². The Bertz CT molecular complexity index is 929. The lowest BCUT2D eigenvalue weighted by Crippen LogP contribution is -2.13. The van der Waals surface area contributed by atoms with Crippen molar-refractivity contribution in [3.63, 3.8) is 0 Å². The van der Waals surface area contributed by atoms with Gasteiger partial charge in [-0.3, -0.25) is 15.1 Å². The number of carbonyl (C=O) groups is 1. The quantitative estimate of drug-likeness (QED) is 0.372. The highest BCUT2D eigenvalue weighted by Gasteiger charge is 2.10. The molecule has 5 nitrogen and oxygen atoms in total. The molecule has 0 atom stereocenters. The zero-order chi connectivity index (χ0) is 18.4. The summed E-state index contributed by atoms with van der Waals surface area (Å²) in [5.41, 5.74) is 2.48. The number of hydrogen-bond acceptors (Lipinski definition) is 4. The van der Waals surface area contributed by atoms with Gasteiger partial charge in [0.2, 0.25) is 0 Å². The highest BCUT2D eigenvalue weighted by atomic mass is 35.5. The molecule has 26 heavy (non-hydrogen) atoms. The molecule has 3 rings (SSSR count). The van der Waals surface area contributed by atoms with Crippen molar-refractivity contribution >= 4 is 40.7 Å². The molecule has 1 N–H and O–H groups in total. The van der Waals surface area contributed by atoms with E-state index in [1.807, 2.05) is 0 Å². The molecule has 0 aliphatic heterocycles. The van der Waals surface area contributed by atoms with Gasteiger partial charge in [-0.15, -0.1) is 0 Å². The fourth-order valence-electron chi connectivity index (χ4n) is 2.18. The van der Waals surface area contributed by atoms with Gasteiger partial charge in [-0.2, -0.15) is 0 Å². The maximum absolute atomic E-state index is 12.0. The molecule has 7 heteroatoms. The molecule has 0 aliphatic rings. The van der Waals surface area contributed by atoms with Crippen molar-refractivity contribution in [3.05, 3.63) is 94.2 Å². The van der Waals surface area contributed by atoms with Gasteiger partial charge in [0, 0.05) is 39.3 Å². The second kappa shape index (κ2) is 8.47. The molecule has 1 heterocycles. The minimum Gasteiger partial charge on any atom is -0.297 e. The van der Waals surface area contributed by atoms with Crippen LogP contribution in [-0.2, 0) is 4.84 Å². The number of nitrogens with one attached hydrogen (secondary N) is 1. The van der Waals surface area contributed by atoms with Crippen molar-refractivity contribution in [1.82, 2.24) is 4.98 Å². The molecule has 1 amide bonds. The number of nitrogens with zero attached hydrogens (tertiary/aromatic N) is 2. The van der Waals surface area contributed by atoms with Gasteiger partial charge in [-0.05, 0) is 42.5 Å². The van der Waals surface area contributed by atoms with E-state index in [9.17, 15) is 4.79 Å². The highest BCUT2D eigenvalue weighted by molar-refractivity contribution is 6.31. The molecule has 0 saturated heterocycles. The van der Waals surface area contributed by atoms with Crippen LogP contribution in [0.1, 0.15) is 11.1 Å². The molecule has 0 unspecified atom stereocenters. The maximum atomic E-state index is 12.0. The van der Waals surface area contributed by atoms with Gasteiger partial charge in [0.05, 0.1) is 0 Å². The standard InChI is InChI=1S/C19H13Cl2N3O2/c20-15-6-4-13(5-7-15)18(14-8-10-22-11-9-14)24-26-19(25)23-17-3-1-2-16(21)12-17/h1-12H,(H,23,25). The molecular weight excluding hydrogens is 373 g/mol. The van der Waals surface area contributed by atoms with Crippen LogP contribution in [0.3, 0.4) is 0 Å². The van der Waals surface area contributed by atoms with Crippen LogP contribution in [0.15, 0.2) is 78.2 Å². The maximum Gasteiger partial charge on any atom is 0.437 e. The average Bonchev–Trinajstić information content (AvgIpc) is 2.64. The summed E-state index contributed by atoms with van der Waals surface area (Å²) in [7, 11) is 0. The molecule has 1 aromatic heterocycles. The van der Waals surface area contributed by atoms with Crippen LogP contribution in [0.2, 0.25) is 10.0 Å². The summed E-state index contributed by atoms with van der Waals surface area (Å²) in [6.07, 6.45) is 2.53. The monoisotopic (exact) mass is 385 g/mol. The molecule has 0 bridgehead atoms. The fraction of sp³-hybridized carbons (Fsp3) is 0. The van der Waals surface area contributed by atoms with E-state index in [4.69, 9.17) is 28.0 Å². The van der Waals surface area contributed by atoms with E-state index in [0.717, 1.165) is 11.1 Å². The number of halogens is 2. The van der Waals surface area contributed by atoms with Crippen LogP contribution in [0.4, 0.5) is 10.5 Å². The van der Waals surface area contributed by atoms with Crippen LogP contribution < -0.4 is 5.32 Å². The van der Waals surface area contributed by atoms with Crippen molar-refractivity contribution in [1.29, 1.82) is 0 Å². The van der Waals surface area contributed by atoms with Gasteiger partial charge >= 0.3 is 6.09 Å². The second-order valence-electron chi connectivity index (χ2n) is 5.20. The van der Waals surface area contributed by atoms with Crippen molar-refractivity contribution in [3.8, 4) is 0 Å². The van der Waals surface area contributed by atoms with E-state index in [-0.39, 0.29) is 0 Å². The van der Waals surface area contributed by atoms with Crippen LogP contribution in [0.25, 0.3) is 0 Å². The third kappa shape index (κ3) is 4.81. The molecule has 3 aromatic rings. The van der Waals surface area contributed by atoms with Crippen molar-refractivity contribution in [2.45, 2.75) is 0 Å². The Kier molecular flexibility index (Phi) is 5.84. The minimum atomic E-state index is -0.729. The lowest BCUT2D eigenvalue weighted by atomic mass is 10.0. The SMILES string of the molecule is O=C(Nc1cccc(Cl)c1)ON=C(c1ccncc1)c1ccc(Cl)cc1. The lowest BCUT2D eigenvalue weighted by molar-refractivity contribution is 0.166. The first-order chi connectivity index (χ1) is 12.6. The zero-order valence-corrected chi connectivity index (χ0v) is 14.9. The first-order valence-corrected chi connectivity index (χ1v) is 8.35.